The number of hydrogen-bond donors (Lipinski definition) is 0. The summed E-state index contributed by atoms with van der Waals surface area (Å²) in [4.78, 5) is 23.2. The SMILES string of the molecule is Cc1cc2c([c-]1C)C(C)C(C)C(C)C2C.[CH-]=O.[CH-]=O.[CH-]=O.[Ti+4]. The first-order valence-corrected chi connectivity index (χ1v) is 6.92. The van der Waals surface area contributed by atoms with Crippen LogP contribution in [0.3, 0.4) is 0 Å². The molecule has 4 unspecified atom stereocenters. The van der Waals surface area contributed by atoms with Gasteiger partial charge in [0.25, 0.3) is 0 Å². The summed E-state index contributed by atoms with van der Waals surface area (Å²) < 4.78 is 0. The molecule has 0 N–H and O–H groups in total. The summed E-state index contributed by atoms with van der Waals surface area (Å²) in [5.41, 5.74) is 6.32. The molecule has 4 heteroatoms. The Morgan fingerprint density at radius 2 is 1.23 bits per heavy atom. The Hall–Kier alpha value is -0.926. The van der Waals surface area contributed by atoms with E-state index in [1.807, 2.05) is 0 Å². The zero-order valence-corrected chi connectivity index (χ0v) is 15.9. The van der Waals surface area contributed by atoms with Crippen molar-refractivity contribution < 1.29 is 36.1 Å². The average Bonchev–Trinajstić information content (AvgIpc) is 2.85. The minimum Gasteiger partial charge on any atom is -0.545 e. The molecule has 0 fully saturated rings. The first kappa shape index (κ1) is 26.0. The van der Waals surface area contributed by atoms with Crippen LogP contribution in [-0.2, 0) is 36.1 Å². The van der Waals surface area contributed by atoms with E-state index in [4.69, 9.17) is 14.4 Å². The standard InChI is InChI=1S/C15H23.3CHO.Ti/c1-8-7-14-12(5)10(3)11(4)13(6)15(14)9(8)2;3*1-2;/h7,10-13H,1-6H3;3*1H;/q4*-1;+4. The van der Waals surface area contributed by atoms with E-state index in [1.54, 1.807) is 16.7 Å². The van der Waals surface area contributed by atoms with Crippen LogP contribution >= 0.6 is 0 Å². The predicted molar refractivity (Wildman–Crippen MR) is 86.9 cm³/mol. The zero-order chi connectivity index (χ0) is 17.3. The number of rotatable bonds is 0. The molecule has 0 saturated carbocycles. The first-order chi connectivity index (χ1) is 9.95. The molecule has 0 saturated heterocycles. The van der Waals surface area contributed by atoms with Crippen molar-refractivity contribution in [3.05, 3.63) is 28.3 Å². The van der Waals surface area contributed by atoms with Crippen molar-refractivity contribution in [3.63, 3.8) is 0 Å². The van der Waals surface area contributed by atoms with Gasteiger partial charge in [0, 0.05) is 0 Å². The maximum Gasteiger partial charge on any atom is 4.00 e. The summed E-state index contributed by atoms with van der Waals surface area (Å²) in [7, 11) is 0. The molecule has 0 amide bonds. The van der Waals surface area contributed by atoms with Gasteiger partial charge in [-0.2, -0.15) is 22.3 Å². The Morgan fingerprint density at radius 3 is 1.64 bits per heavy atom. The molecule has 0 radical (unpaired) electrons. The minimum absolute atomic E-state index is 0. The molecular formula is C18H26O3Ti. The van der Waals surface area contributed by atoms with Gasteiger partial charge < -0.3 is 14.4 Å². The number of fused-ring (bicyclic) bond motifs is 1. The van der Waals surface area contributed by atoms with E-state index in [0.717, 1.165) is 23.7 Å². The second-order valence-electron chi connectivity index (χ2n) is 5.62. The summed E-state index contributed by atoms with van der Waals surface area (Å²) in [6.45, 7) is 23.9. The van der Waals surface area contributed by atoms with E-state index < -0.39 is 0 Å². The molecule has 1 aliphatic rings. The molecule has 2 rings (SSSR count). The molecule has 3 nitrogen and oxygen atoms in total. The molecule has 0 aromatic heterocycles. The summed E-state index contributed by atoms with van der Waals surface area (Å²) in [5.74, 6) is 3.10. The third-order valence-corrected chi connectivity index (χ3v) is 5.03. The van der Waals surface area contributed by atoms with Gasteiger partial charge in [-0.3, -0.25) is 20.4 Å². The Morgan fingerprint density at radius 1 is 0.864 bits per heavy atom. The van der Waals surface area contributed by atoms with Gasteiger partial charge in [-0.25, -0.2) is 6.07 Å². The van der Waals surface area contributed by atoms with Gasteiger partial charge in [0.2, 0.25) is 0 Å². The Bertz CT molecular complexity index is 423. The van der Waals surface area contributed by atoms with Crippen molar-refractivity contribution >= 4 is 20.4 Å². The zero-order valence-electron chi connectivity index (χ0n) is 14.3. The Labute approximate surface area is 150 Å². The number of hydrogen-bond acceptors (Lipinski definition) is 3. The summed E-state index contributed by atoms with van der Waals surface area (Å²) in [6.07, 6.45) is 0. The van der Waals surface area contributed by atoms with Crippen LogP contribution in [0.2, 0.25) is 0 Å². The maximum absolute atomic E-state index is 7.75. The summed E-state index contributed by atoms with van der Waals surface area (Å²) >= 11 is 0. The van der Waals surface area contributed by atoms with Gasteiger partial charge in [-0.05, 0) is 17.8 Å². The molecule has 0 bridgehead atoms. The Kier molecular flexibility index (Phi) is 14.9. The molecule has 1 aromatic carbocycles. The molecule has 0 heterocycles. The number of aryl methyl sites for hydroxylation is 1. The number of carbonyl (C=O) groups excluding carboxylic acids is 3. The van der Waals surface area contributed by atoms with E-state index in [0.29, 0.717) is 0 Å². The normalized spacial score (nSPS) is 24.6. The van der Waals surface area contributed by atoms with Crippen molar-refractivity contribution in [1.82, 2.24) is 0 Å². The van der Waals surface area contributed by atoms with Crippen molar-refractivity contribution in [2.24, 2.45) is 11.8 Å². The summed E-state index contributed by atoms with van der Waals surface area (Å²) in [6, 6.07) is 2.42. The fourth-order valence-electron chi connectivity index (χ4n) is 3.29. The van der Waals surface area contributed by atoms with Crippen LogP contribution in [-0.4, -0.2) is 20.4 Å². The van der Waals surface area contributed by atoms with Gasteiger partial charge in [-0.15, -0.1) is 0 Å². The van der Waals surface area contributed by atoms with Crippen LogP contribution in [0.25, 0.3) is 0 Å². The fraction of sp³-hybridized carbons (Fsp3) is 0.556. The molecular weight excluding hydrogens is 312 g/mol. The summed E-state index contributed by atoms with van der Waals surface area (Å²) in [5, 5.41) is 0. The maximum atomic E-state index is 7.75. The van der Waals surface area contributed by atoms with E-state index in [2.05, 4.69) is 68.0 Å². The van der Waals surface area contributed by atoms with Gasteiger partial charge >= 0.3 is 21.7 Å². The van der Waals surface area contributed by atoms with Crippen molar-refractivity contribution in [3.8, 4) is 0 Å². The Balaban J connectivity index is -0.000000463. The van der Waals surface area contributed by atoms with Crippen LogP contribution in [0.1, 0.15) is 61.8 Å². The van der Waals surface area contributed by atoms with Crippen molar-refractivity contribution in [1.29, 1.82) is 0 Å². The molecule has 0 aliphatic heterocycles. The van der Waals surface area contributed by atoms with Gasteiger partial charge in [0.15, 0.2) is 0 Å². The molecule has 120 valence electrons. The third-order valence-electron chi connectivity index (χ3n) is 5.03. The van der Waals surface area contributed by atoms with Crippen LogP contribution in [0.15, 0.2) is 6.07 Å². The van der Waals surface area contributed by atoms with E-state index in [-0.39, 0.29) is 21.7 Å². The van der Waals surface area contributed by atoms with Crippen molar-refractivity contribution in [2.75, 3.05) is 0 Å². The molecule has 0 spiro atoms. The first-order valence-electron chi connectivity index (χ1n) is 6.92. The molecule has 1 aliphatic carbocycles. The van der Waals surface area contributed by atoms with E-state index in [9.17, 15) is 0 Å². The van der Waals surface area contributed by atoms with Gasteiger partial charge in [0.1, 0.15) is 0 Å². The van der Waals surface area contributed by atoms with Crippen LogP contribution in [0.4, 0.5) is 0 Å². The molecule has 1 aromatic rings. The molecule has 4 atom stereocenters. The largest absolute Gasteiger partial charge is 4.00 e. The smallest absolute Gasteiger partial charge is 0.545 e. The van der Waals surface area contributed by atoms with Crippen LogP contribution in [0, 0.1) is 25.7 Å². The topological polar surface area (TPSA) is 51.2 Å². The van der Waals surface area contributed by atoms with E-state index >= 15 is 0 Å². The third kappa shape index (κ3) is 5.07. The van der Waals surface area contributed by atoms with Crippen LogP contribution < -0.4 is 0 Å². The predicted octanol–water partition coefficient (Wildman–Crippen LogP) is 3.69. The fourth-order valence-corrected chi connectivity index (χ4v) is 3.29. The average molecular weight is 338 g/mol. The van der Waals surface area contributed by atoms with Gasteiger partial charge in [0.05, 0.1) is 0 Å². The van der Waals surface area contributed by atoms with E-state index in [1.165, 1.54) is 5.56 Å². The quantitative estimate of drug-likeness (QED) is 0.412. The molecule has 22 heavy (non-hydrogen) atoms. The van der Waals surface area contributed by atoms with Crippen LogP contribution in [0.5, 0.6) is 0 Å². The monoisotopic (exact) mass is 338 g/mol. The van der Waals surface area contributed by atoms with Crippen molar-refractivity contribution in [2.45, 2.75) is 53.4 Å². The van der Waals surface area contributed by atoms with Gasteiger partial charge in [-0.1, -0.05) is 47.5 Å². The minimum atomic E-state index is 0. The second-order valence-corrected chi connectivity index (χ2v) is 5.62. The second kappa shape index (κ2) is 12.6.